The summed E-state index contributed by atoms with van der Waals surface area (Å²) in [6, 6.07) is 2.76. The normalized spacial score (nSPS) is 23.9. The molecule has 2 aliphatic carbocycles. The van der Waals surface area contributed by atoms with Gasteiger partial charge in [0.1, 0.15) is 6.04 Å². The SMILES string of the molecule is N#CC(COCC1CCCCC1)NC1CC1. The lowest BCUT2D eigenvalue weighted by Crippen LogP contribution is -2.34. The van der Waals surface area contributed by atoms with E-state index in [-0.39, 0.29) is 6.04 Å². The third kappa shape index (κ3) is 4.11. The van der Waals surface area contributed by atoms with E-state index >= 15 is 0 Å². The van der Waals surface area contributed by atoms with E-state index in [1.165, 1.54) is 44.9 Å². The molecule has 3 heteroatoms. The largest absolute Gasteiger partial charge is 0.378 e. The second-order valence-corrected chi connectivity index (χ2v) is 5.16. The van der Waals surface area contributed by atoms with E-state index in [4.69, 9.17) is 10.00 Å². The van der Waals surface area contributed by atoms with Crippen LogP contribution >= 0.6 is 0 Å². The lowest BCUT2D eigenvalue weighted by molar-refractivity contribution is 0.0776. The minimum atomic E-state index is -0.101. The maximum absolute atomic E-state index is 8.95. The predicted octanol–water partition coefficient (Wildman–Crippen LogP) is 2.23. The van der Waals surface area contributed by atoms with Crippen LogP contribution in [-0.2, 0) is 4.74 Å². The van der Waals surface area contributed by atoms with E-state index in [1.807, 2.05) is 0 Å². The standard InChI is InChI=1S/C13H22N2O/c14-8-13(15-12-6-7-12)10-16-9-11-4-2-1-3-5-11/h11-13,15H,1-7,9-10H2. The lowest BCUT2D eigenvalue weighted by atomic mass is 9.90. The van der Waals surface area contributed by atoms with Crippen molar-refractivity contribution in [2.24, 2.45) is 5.92 Å². The quantitative estimate of drug-likeness (QED) is 0.749. The van der Waals surface area contributed by atoms with Gasteiger partial charge in [0.25, 0.3) is 0 Å². The Bertz CT molecular complexity index is 239. The number of nitrogens with one attached hydrogen (secondary N) is 1. The first-order chi connectivity index (χ1) is 7.88. The summed E-state index contributed by atoms with van der Waals surface area (Å²) in [4.78, 5) is 0. The molecule has 0 aromatic heterocycles. The monoisotopic (exact) mass is 222 g/mol. The van der Waals surface area contributed by atoms with Gasteiger partial charge in [0.05, 0.1) is 12.7 Å². The fourth-order valence-corrected chi connectivity index (χ4v) is 2.36. The molecule has 0 amide bonds. The second-order valence-electron chi connectivity index (χ2n) is 5.16. The van der Waals surface area contributed by atoms with Crippen LogP contribution in [-0.4, -0.2) is 25.3 Å². The number of nitrogens with zero attached hydrogens (tertiary/aromatic N) is 1. The molecular weight excluding hydrogens is 200 g/mol. The molecule has 16 heavy (non-hydrogen) atoms. The van der Waals surface area contributed by atoms with E-state index in [0.717, 1.165) is 12.5 Å². The molecule has 2 saturated carbocycles. The Hall–Kier alpha value is -0.590. The van der Waals surface area contributed by atoms with Crippen LogP contribution in [0.2, 0.25) is 0 Å². The number of ether oxygens (including phenoxy) is 1. The van der Waals surface area contributed by atoms with Crippen LogP contribution in [0.5, 0.6) is 0 Å². The van der Waals surface area contributed by atoms with Gasteiger partial charge in [-0.1, -0.05) is 19.3 Å². The molecule has 0 heterocycles. The molecule has 0 aromatic carbocycles. The maximum atomic E-state index is 8.95. The molecule has 0 aromatic rings. The molecule has 1 atom stereocenters. The first-order valence-electron chi connectivity index (χ1n) is 6.62. The highest BCUT2D eigenvalue weighted by Gasteiger charge is 2.24. The zero-order chi connectivity index (χ0) is 11.2. The van der Waals surface area contributed by atoms with Gasteiger partial charge in [-0.25, -0.2) is 0 Å². The van der Waals surface area contributed by atoms with Gasteiger partial charge in [-0.15, -0.1) is 0 Å². The first-order valence-corrected chi connectivity index (χ1v) is 6.62. The van der Waals surface area contributed by atoms with Crippen LogP contribution in [0.15, 0.2) is 0 Å². The average molecular weight is 222 g/mol. The molecule has 1 N–H and O–H groups in total. The molecule has 2 rings (SSSR count). The summed E-state index contributed by atoms with van der Waals surface area (Å²) in [6.45, 7) is 1.41. The first kappa shape index (κ1) is 11.9. The second kappa shape index (κ2) is 6.22. The van der Waals surface area contributed by atoms with Gasteiger partial charge in [-0.3, -0.25) is 5.32 Å². The minimum Gasteiger partial charge on any atom is -0.378 e. The molecule has 90 valence electrons. The zero-order valence-corrected chi connectivity index (χ0v) is 9.95. The van der Waals surface area contributed by atoms with Gasteiger partial charge in [0, 0.05) is 12.6 Å². The summed E-state index contributed by atoms with van der Waals surface area (Å²) in [5.41, 5.74) is 0. The summed E-state index contributed by atoms with van der Waals surface area (Å²) >= 11 is 0. The Labute approximate surface area is 98.2 Å². The highest BCUT2D eigenvalue weighted by atomic mass is 16.5. The number of rotatable bonds is 6. The van der Waals surface area contributed by atoms with Crippen molar-refractivity contribution in [3.05, 3.63) is 0 Å². The molecule has 2 fully saturated rings. The Morgan fingerprint density at radius 2 is 1.94 bits per heavy atom. The third-order valence-electron chi connectivity index (χ3n) is 3.53. The smallest absolute Gasteiger partial charge is 0.119 e. The summed E-state index contributed by atoms with van der Waals surface area (Å²) in [5.74, 6) is 0.744. The minimum absolute atomic E-state index is 0.101. The van der Waals surface area contributed by atoms with Crippen LogP contribution < -0.4 is 5.32 Å². The van der Waals surface area contributed by atoms with Crippen LogP contribution in [0.4, 0.5) is 0 Å². The molecule has 3 nitrogen and oxygen atoms in total. The van der Waals surface area contributed by atoms with Crippen LogP contribution in [0.3, 0.4) is 0 Å². The van der Waals surface area contributed by atoms with E-state index in [2.05, 4.69) is 11.4 Å². The maximum Gasteiger partial charge on any atom is 0.119 e. The van der Waals surface area contributed by atoms with Gasteiger partial charge in [0.15, 0.2) is 0 Å². The van der Waals surface area contributed by atoms with E-state index in [9.17, 15) is 0 Å². The lowest BCUT2D eigenvalue weighted by Gasteiger charge is -2.22. The Morgan fingerprint density at radius 1 is 1.19 bits per heavy atom. The van der Waals surface area contributed by atoms with Crippen molar-refractivity contribution < 1.29 is 4.74 Å². The van der Waals surface area contributed by atoms with Crippen molar-refractivity contribution in [3.63, 3.8) is 0 Å². The molecule has 0 spiro atoms. The van der Waals surface area contributed by atoms with Gasteiger partial charge in [-0.05, 0) is 31.6 Å². The average Bonchev–Trinajstić information content (AvgIpc) is 3.13. The van der Waals surface area contributed by atoms with Gasteiger partial charge < -0.3 is 4.74 Å². The fraction of sp³-hybridized carbons (Fsp3) is 0.923. The number of hydrogen-bond donors (Lipinski definition) is 1. The van der Waals surface area contributed by atoms with Crippen molar-refractivity contribution in [2.75, 3.05) is 13.2 Å². The van der Waals surface area contributed by atoms with Gasteiger partial charge in [-0.2, -0.15) is 5.26 Å². The fourth-order valence-electron chi connectivity index (χ4n) is 2.36. The van der Waals surface area contributed by atoms with Crippen molar-refractivity contribution in [1.82, 2.24) is 5.32 Å². The summed E-state index contributed by atoms with van der Waals surface area (Å²) in [6.07, 6.45) is 9.18. The molecule has 1 unspecified atom stereocenters. The van der Waals surface area contributed by atoms with E-state index in [0.29, 0.717) is 12.6 Å². The zero-order valence-electron chi connectivity index (χ0n) is 9.95. The van der Waals surface area contributed by atoms with Crippen molar-refractivity contribution in [3.8, 4) is 6.07 Å². The molecule has 2 aliphatic rings. The number of nitriles is 1. The molecule has 0 bridgehead atoms. The Morgan fingerprint density at radius 3 is 2.56 bits per heavy atom. The Balaban J connectivity index is 1.56. The van der Waals surface area contributed by atoms with Crippen LogP contribution in [0, 0.1) is 17.2 Å². The third-order valence-corrected chi connectivity index (χ3v) is 3.53. The molecule has 0 saturated heterocycles. The van der Waals surface area contributed by atoms with Gasteiger partial charge >= 0.3 is 0 Å². The Kier molecular flexibility index (Phi) is 4.62. The summed E-state index contributed by atoms with van der Waals surface area (Å²) in [7, 11) is 0. The highest BCUT2D eigenvalue weighted by Crippen LogP contribution is 2.23. The van der Waals surface area contributed by atoms with Crippen molar-refractivity contribution in [2.45, 2.75) is 57.0 Å². The summed E-state index contributed by atoms with van der Waals surface area (Å²) in [5, 5.41) is 12.2. The van der Waals surface area contributed by atoms with Crippen LogP contribution in [0.25, 0.3) is 0 Å². The van der Waals surface area contributed by atoms with Crippen molar-refractivity contribution >= 4 is 0 Å². The number of hydrogen-bond acceptors (Lipinski definition) is 3. The highest BCUT2D eigenvalue weighted by molar-refractivity contribution is 4.95. The van der Waals surface area contributed by atoms with E-state index in [1.54, 1.807) is 0 Å². The van der Waals surface area contributed by atoms with Crippen molar-refractivity contribution in [1.29, 1.82) is 5.26 Å². The predicted molar refractivity (Wildman–Crippen MR) is 63.0 cm³/mol. The summed E-state index contributed by atoms with van der Waals surface area (Å²) < 4.78 is 5.67. The molecule has 0 aliphatic heterocycles. The van der Waals surface area contributed by atoms with Gasteiger partial charge in [0.2, 0.25) is 0 Å². The molecular formula is C13H22N2O. The van der Waals surface area contributed by atoms with E-state index < -0.39 is 0 Å². The topological polar surface area (TPSA) is 45.0 Å². The van der Waals surface area contributed by atoms with Crippen LogP contribution in [0.1, 0.15) is 44.9 Å². The molecule has 0 radical (unpaired) electrons.